The molecule has 0 spiro atoms. The molecule has 6 rings (SSSR count). The topological polar surface area (TPSA) is 156 Å². The molecule has 1 atom stereocenters. The number of hydrogen-bond acceptors (Lipinski definition) is 9. The molecular weight excluding hydrogens is 755 g/mol. The molecule has 0 aliphatic carbocycles. The lowest BCUT2D eigenvalue weighted by molar-refractivity contribution is -0.141. The van der Waals surface area contributed by atoms with Crippen LogP contribution < -0.4 is 16.3 Å². The number of amides is 2. The summed E-state index contributed by atoms with van der Waals surface area (Å²) in [5.41, 5.74) is 5.50. The number of H-pyrrole nitrogens is 1. The average molecular weight is 798 g/mol. The molecular formula is C39H43ClF3N7O6. The number of benzene rings is 3. The van der Waals surface area contributed by atoms with Crippen LogP contribution in [0, 0.1) is 0 Å². The number of alkyl halides is 3. The Balaban J connectivity index is 1.13. The van der Waals surface area contributed by atoms with Crippen molar-refractivity contribution in [2.75, 3.05) is 56.5 Å². The highest BCUT2D eigenvalue weighted by atomic mass is 35.5. The van der Waals surface area contributed by atoms with Crippen LogP contribution >= 0.6 is 11.6 Å². The molecule has 4 aromatic rings. The molecule has 2 fully saturated rings. The van der Waals surface area contributed by atoms with Crippen molar-refractivity contribution in [1.82, 2.24) is 24.6 Å². The van der Waals surface area contributed by atoms with Gasteiger partial charge in [-0.25, -0.2) is 19.1 Å². The van der Waals surface area contributed by atoms with Gasteiger partial charge in [0.2, 0.25) is 0 Å². The SMILES string of the molecule is CCCCOC(=O)c1ccc(N2CCN(C(=O)[C@@H](Cc3cc(Cl)c(N)c(C(F)(F)F)c3)OC(=O)N3CCC(n4nc(-c5ccccc5)[nH]c4=O)CC3)CC2)cc1. The van der Waals surface area contributed by atoms with E-state index in [-0.39, 0.29) is 54.9 Å². The molecule has 13 nitrogen and oxygen atoms in total. The molecule has 3 N–H and O–H groups in total. The molecule has 2 aliphatic rings. The number of aromatic amines is 1. The van der Waals surface area contributed by atoms with Crippen LogP contribution in [-0.2, 0) is 26.9 Å². The molecule has 0 radical (unpaired) electrons. The van der Waals surface area contributed by atoms with E-state index in [2.05, 4.69) is 10.1 Å². The first-order chi connectivity index (χ1) is 26.8. The third kappa shape index (κ3) is 9.46. The van der Waals surface area contributed by atoms with Crippen LogP contribution in [0.1, 0.15) is 60.1 Å². The lowest BCUT2D eigenvalue weighted by Crippen LogP contribution is -2.53. The zero-order valence-corrected chi connectivity index (χ0v) is 31.5. The number of nitrogens with two attached hydrogens (primary N) is 1. The van der Waals surface area contributed by atoms with Crippen LogP contribution in [0.3, 0.4) is 0 Å². The van der Waals surface area contributed by atoms with Gasteiger partial charge in [0.05, 0.1) is 34.5 Å². The fourth-order valence-corrected chi connectivity index (χ4v) is 7.05. The zero-order valence-electron chi connectivity index (χ0n) is 30.8. The Labute approximate surface area is 326 Å². The van der Waals surface area contributed by atoms with Crippen LogP contribution in [0.4, 0.5) is 29.3 Å². The van der Waals surface area contributed by atoms with Crippen LogP contribution in [0.15, 0.2) is 71.5 Å². The predicted molar refractivity (Wildman–Crippen MR) is 203 cm³/mol. The van der Waals surface area contributed by atoms with Crippen molar-refractivity contribution in [2.45, 2.75) is 57.3 Å². The lowest BCUT2D eigenvalue weighted by atomic mass is 10.0. The molecule has 56 heavy (non-hydrogen) atoms. The Morgan fingerprint density at radius 3 is 2.29 bits per heavy atom. The van der Waals surface area contributed by atoms with Gasteiger partial charge in [0.25, 0.3) is 5.91 Å². The molecule has 1 aromatic heterocycles. The first-order valence-corrected chi connectivity index (χ1v) is 18.9. The predicted octanol–water partition coefficient (Wildman–Crippen LogP) is 6.18. The summed E-state index contributed by atoms with van der Waals surface area (Å²) in [5.74, 6) is -0.550. The summed E-state index contributed by atoms with van der Waals surface area (Å²) in [5, 5.41) is 4.13. The molecule has 3 aromatic carbocycles. The van der Waals surface area contributed by atoms with E-state index in [0.717, 1.165) is 30.2 Å². The molecule has 2 aliphatic heterocycles. The molecule has 0 saturated carbocycles. The number of carbonyl (C=O) groups is 3. The number of rotatable bonds is 11. The number of piperidine rings is 1. The Hall–Kier alpha value is -5.51. The maximum atomic E-state index is 14.0. The number of ether oxygens (including phenoxy) is 2. The normalized spacial score (nSPS) is 15.8. The number of piperazine rings is 1. The van der Waals surface area contributed by atoms with Gasteiger partial charge in [-0.1, -0.05) is 55.3 Å². The van der Waals surface area contributed by atoms with Crippen LogP contribution in [-0.4, -0.2) is 94.5 Å². The molecule has 17 heteroatoms. The van der Waals surface area contributed by atoms with E-state index in [1.165, 1.54) is 20.5 Å². The number of unbranched alkanes of at least 4 members (excludes halogenated alkanes) is 1. The highest BCUT2D eigenvalue weighted by molar-refractivity contribution is 6.33. The Morgan fingerprint density at radius 2 is 1.64 bits per heavy atom. The van der Waals surface area contributed by atoms with Gasteiger partial charge in [0, 0.05) is 56.9 Å². The van der Waals surface area contributed by atoms with Crippen molar-refractivity contribution >= 4 is 40.9 Å². The second-order valence-electron chi connectivity index (χ2n) is 13.8. The Kier molecular flexibility index (Phi) is 12.6. The van der Waals surface area contributed by atoms with Crippen molar-refractivity contribution < 1.29 is 37.0 Å². The summed E-state index contributed by atoms with van der Waals surface area (Å²) >= 11 is 6.11. The van der Waals surface area contributed by atoms with Crippen molar-refractivity contribution in [1.29, 1.82) is 0 Å². The van der Waals surface area contributed by atoms with Gasteiger partial charge < -0.3 is 29.9 Å². The van der Waals surface area contributed by atoms with E-state index < -0.39 is 41.5 Å². The van der Waals surface area contributed by atoms with Gasteiger partial charge in [0.15, 0.2) is 11.9 Å². The molecule has 3 heterocycles. The monoisotopic (exact) mass is 797 g/mol. The number of nitrogens with zero attached hydrogens (tertiary/aromatic N) is 5. The third-order valence-electron chi connectivity index (χ3n) is 9.98. The zero-order chi connectivity index (χ0) is 40.0. The van der Waals surface area contributed by atoms with E-state index in [1.807, 2.05) is 42.2 Å². The minimum absolute atomic E-state index is 0.0143. The third-order valence-corrected chi connectivity index (χ3v) is 10.3. The number of aromatic nitrogens is 3. The van der Waals surface area contributed by atoms with E-state index in [1.54, 1.807) is 24.3 Å². The second-order valence-corrected chi connectivity index (χ2v) is 14.2. The van der Waals surface area contributed by atoms with Crippen LogP contribution in [0.5, 0.6) is 0 Å². The fourth-order valence-electron chi connectivity index (χ4n) is 6.81. The molecule has 2 saturated heterocycles. The van der Waals surface area contributed by atoms with E-state index in [0.29, 0.717) is 43.9 Å². The molecule has 298 valence electrons. The minimum Gasteiger partial charge on any atom is -0.462 e. The number of halogens is 4. The van der Waals surface area contributed by atoms with Crippen molar-refractivity contribution in [2.24, 2.45) is 0 Å². The highest BCUT2D eigenvalue weighted by Gasteiger charge is 2.37. The van der Waals surface area contributed by atoms with E-state index >= 15 is 0 Å². The Bertz CT molecular complexity index is 2060. The van der Waals surface area contributed by atoms with E-state index in [4.69, 9.17) is 26.8 Å². The maximum absolute atomic E-state index is 14.0. The Morgan fingerprint density at radius 1 is 0.964 bits per heavy atom. The van der Waals surface area contributed by atoms with Gasteiger partial charge >= 0.3 is 23.9 Å². The van der Waals surface area contributed by atoms with Gasteiger partial charge in [0.1, 0.15) is 0 Å². The summed E-state index contributed by atoms with van der Waals surface area (Å²) in [6.07, 6.45) is -5.06. The summed E-state index contributed by atoms with van der Waals surface area (Å²) < 4.78 is 54.0. The van der Waals surface area contributed by atoms with Gasteiger partial charge in [-0.2, -0.15) is 13.2 Å². The van der Waals surface area contributed by atoms with Crippen molar-refractivity contribution in [3.63, 3.8) is 0 Å². The number of anilines is 2. The number of likely N-dealkylation sites (tertiary alicyclic amines) is 1. The largest absolute Gasteiger partial charge is 0.462 e. The molecule has 2 amide bonds. The fraction of sp³-hybridized carbons (Fsp3) is 0.410. The summed E-state index contributed by atoms with van der Waals surface area (Å²) in [4.78, 5) is 60.5. The maximum Gasteiger partial charge on any atom is 0.418 e. The first kappa shape index (κ1) is 40.2. The van der Waals surface area contributed by atoms with E-state index in [9.17, 15) is 32.3 Å². The highest BCUT2D eigenvalue weighted by Crippen LogP contribution is 2.38. The average Bonchev–Trinajstić information content (AvgIpc) is 3.60. The number of esters is 1. The lowest BCUT2D eigenvalue weighted by Gasteiger charge is -2.38. The second kappa shape index (κ2) is 17.5. The van der Waals surface area contributed by atoms with Crippen LogP contribution in [0.25, 0.3) is 11.4 Å². The standard InChI is InChI=1S/C39H43ClF3N7O6/c1-2-3-21-55-36(52)27-9-11-28(12-10-27)47-17-19-48(20-18-47)35(51)32(24-25-22-30(39(41,42)43)33(44)31(40)23-25)56-38(54)49-15-13-29(14-16-49)50-37(53)45-34(46-50)26-7-5-4-6-8-26/h4-12,22-23,29,32H,2-3,13-21,24,44H2,1H3,(H,45,46,53)/t32-/m1/s1. The van der Waals surface area contributed by atoms with Gasteiger partial charge in [-0.3, -0.25) is 9.78 Å². The minimum atomic E-state index is -4.81. The summed E-state index contributed by atoms with van der Waals surface area (Å²) in [7, 11) is 0. The van der Waals surface area contributed by atoms with Gasteiger partial charge in [-0.15, -0.1) is 5.10 Å². The summed E-state index contributed by atoms with van der Waals surface area (Å²) in [6, 6.07) is 17.9. The van der Waals surface area contributed by atoms with Gasteiger partial charge in [-0.05, 0) is 61.2 Å². The smallest absolute Gasteiger partial charge is 0.418 e. The summed E-state index contributed by atoms with van der Waals surface area (Å²) in [6.45, 7) is 4.01. The number of carbonyl (C=O) groups excluding carboxylic acids is 3. The van der Waals surface area contributed by atoms with Crippen LogP contribution in [0.2, 0.25) is 5.02 Å². The number of hydrogen-bond donors (Lipinski definition) is 2. The quantitative estimate of drug-likeness (QED) is 0.103. The molecule has 0 bridgehead atoms. The number of nitrogens with one attached hydrogen (secondary N) is 1. The van der Waals surface area contributed by atoms with Crippen molar-refractivity contribution in [3.8, 4) is 11.4 Å². The number of nitrogen functional groups attached to an aromatic ring is 1. The first-order valence-electron chi connectivity index (χ1n) is 18.5. The molecule has 0 unspecified atom stereocenters. The van der Waals surface area contributed by atoms with Crippen molar-refractivity contribution in [3.05, 3.63) is 98.9 Å².